The lowest BCUT2D eigenvalue weighted by Gasteiger charge is -2.13. The Morgan fingerprint density at radius 3 is 3.12 bits per heavy atom. The summed E-state index contributed by atoms with van der Waals surface area (Å²) in [6.07, 6.45) is 1.91. The third-order valence-corrected chi connectivity index (χ3v) is 3.39. The van der Waals surface area contributed by atoms with Crippen molar-refractivity contribution in [2.45, 2.75) is 13.0 Å². The van der Waals surface area contributed by atoms with E-state index in [4.69, 9.17) is 4.42 Å². The first kappa shape index (κ1) is 12.0. The zero-order chi connectivity index (χ0) is 12.1. The minimum absolute atomic E-state index is 0.0638. The lowest BCUT2D eigenvalue weighted by molar-refractivity contribution is -0.121. The number of hydrogen-bond acceptors (Lipinski definition) is 4. The van der Waals surface area contributed by atoms with Crippen LogP contribution in [0.3, 0.4) is 0 Å². The first-order valence-electron chi connectivity index (χ1n) is 5.46. The molecule has 0 spiro atoms. The first-order valence-corrected chi connectivity index (χ1v) is 6.45. The predicted octanol–water partition coefficient (Wildman–Crippen LogP) is 1.45. The number of nitrogens with one attached hydrogen (secondary N) is 1. The standard InChI is InChI=1S/C11H14N2O3S/c14-10(12-8-9-2-1-6-16-9)3-4-13-5-7-17-11(13)15/h1-2,6H,3-5,7-8H2,(H,12,14). The van der Waals surface area contributed by atoms with Gasteiger partial charge in [-0.25, -0.2) is 0 Å². The lowest BCUT2D eigenvalue weighted by Crippen LogP contribution is -2.30. The number of thioether (sulfide) groups is 1. The summed E-state index contributed by atoms with van der Waals surface area (Å²) in [5.41, 5.74) is 0. The highest BCUT2D eigenvalue weighted by atomic mass is 32.2. The van der Waals surface area contributed by atoms with Gasteiger partial charge in [0.2, 0.25) is 5.91 Å². The predicted molar refractivity (Wildman–Crippen MR) is 64.6 cm³/mol. The van der Waals surface area contributed by atoms with Gasteiger partial charge in [-0.3, -0.25) is 9.59 Å². The van der Waals surface area contributed by atoms with Crippen LogP contribution in [0.1, 0.15) is 12.2 Å². The van der Waals surface area contributed by atoms with E-state index in [0.717, 1.165) is 18.1 Å². The molecule has 6 heteroatoms. The van der Waals surface area contributed by atoms with E-state index in [0.29, 0.717) is 19.5 Å². The Balaban J connectivity index is 1.65. The van der Waals surface area contributed by atoms with Crippen LogP contribution in [-0.2, 0) is 11.3 Å². The molecule has 2 heterocycles. The highest BCUT2D eigenvalue weighted by Crippen LogP contribution is 2.16. The first-order chi connectivity index (χ1) is 8.25. The molecule has 1 aliphatic rings. The maximum atomic E-state index is 11.5. The van der Waals surface area contributed by atoms with Gasteiger partial charge in [0.05, 0.1) is 12.8 Å². The molecule has 1 fully saturated rings. The number of nitrogens with zero attached hydrogens (tertiary/aromatic N) is 1. The summed E-state index contributed by atoms with van der Waals surface area (Å²) in [4.78, 5) is 24.5. The Bertz CT molecular complexity index is 391. The van der Waals surface area contributed by atoms with E-state index in [1.165, 1.54) is 11.8 Å². The number of carbonyl (C=O) groups excluding carboxylic acids is 2. The Hall–Kier alpha value is -1.43. The molecule has 0 radical (unpaired) electrons. The molecule has 0 aromatic carbocycles. The van der Waals surface area contributed by atoms with Crippen molar-refractivity contribution in [1.29, 1.82) is 0 Å². The Morgan fingerprint density at radius 1 is 1.59 bits per heavy atom. The molecule has 0 aliphatic carbocycles. The van der Waals surface area contributed by atoms with Gasteiger partial charge in [-0.1, -0.05) is 11.8 Å². The lowest BCUT2D eigenvalue weighted by atomic mass is 10.3. The largest absolute Gasteiger partial charge is 0.467 e. The number of amides is 2. The van der Waals surface area contributed by atoms with Crippen molar-refractivity contribution < 1.29 is 14.0 Å². The van der Waals surface area contributed by atoms with E-state index < -0.39 is 0 Å². The molecule has 0 saturated carbocycles. The summed E-state index contributed by atoms with van der Waals surface area (Å²) in [7, 11) is 0. The molecule has 1 N–H and O–H groups in total. The van der Waals surface area contributed by atoms with Crippen LogP contribution in [0, 0.1) is 0 Å². The summed E-state index contributed by atoms with van der Waals surface area (Å²) in [5.74, 6) is 1.49. The van der Waals surface area contributed by atoms with E-state index in [9.17, 15) is 9.59 Å². The van der Waals surface area contributed by atoms with Gasteiger partial charge >= 0.3 is 0 Å². The SMILES string of the molecule is O=C(CCN1CCSC1=O)NCc1ccco1. The quantitative estimate of drug-likeness (QED) is 0.864. The minimum Gasteiger partial charge on any atom is -0.467 e. The van der Waals surface area contributed by atoms with E-state index in [-0.39, 0.29) is 11.1 Å². The molecule has 1 aromatic heterocycles. The number of carbonyl (C=O) groups is 2. The molecule has 17 heavy (non-hydrogen) atoms. The van der Waals surface area contributed by atoms with Crippen LogP contribution < -0.4 is 5.32 Å². The van der Waals surface area contributed by atoms with E-state index in [2.05, 4.69) is 5.32 Å². The summed E-state index contributed by atoms with van der Waals surface area (Å²) in [6, 6.07) is 3.59. The van der Waals surface area contributed by atoms with Crippen LogP contribution in [0.2, 0.25) is 0 Å². The Kier molecular flexibility index (Phi) is 4.08. The van der Waals surface area contributed by atoms with Crippen molar-refractivity contribution in [1.82, 2.24) is 10.2 Å². The second-order valence-electron chi connectivity index (χ2n) is 3.71. The molecule has 0 bridgehead atoms. The maximum Gasteiger partial charge on any atom is 0.281 e. The summed E-state index contributed by atoms with van der Waals surface area (Å²) in [6.45, 7) is 1.64. The summed E-state index contributed by atoms with van der Waals surface area (Å²) >= 11 is 1.31. The zero-order valence-corrected chi connectivity index (χ0v) is 10.2. The van der Waals surface area contributed by atoms with Crippen LogP contribution in [-0.4, -0.2) is 34.9 Å². The fraction of sp³-hybridized carbons (Fsp3) is 0.455. The molecule has 2 amide bonds. The monoisotopic (exact) mass is 254 g/mol. The topological polar surface area (TPSA) is 62.6 Å². The highest BCUT2D eigenvalue weighted by molar-refractivity contribution is 8.13. The molecule has 1 saturated heterocycles. The molecular formula is C11H14N2O3S. The zero-order valence-electron chi connectivity index (χ0n) is 9.35. The number of rotatable bonds is 5. The average molecular weight is 254 g/mol. The van der Waals surface area contributed by atoms with Gasteiger partial charge in [0.25, 0.3) is 5.24 Å². The third-order valence-electron chi connectivity index (χ3n) is 2.49. The fourth-order valence-electron chi connectivity index (χ4n) is 1.55. The molecule has 5 nitrogen and oxygen atoms in total. The molecule has 0 atom stereocenters. The Labute approximate surface area is 104 Å². The van der Waals surface area contributed by atoms with Crippen molar-refractivity contribution >= 4 is 22.9 Å². The van der Waals surface area contributed by atoms with Crippen molar-refractivity contribution in [2.24, 2.45) is 0 Å². The van der Waals surface area contributed by atoms with Crippen LogP contribution in [0.15, 0.2) is 22.8 Å². The number of hydrogen-bond donors (Lipinski definition) is 1. The van der Waals surface area contributed by atoms with Crippen molar-refractivity contribution in [2.75, 3.05) is 18.8 Å². The fourth-order valence-corrected chi connectivity index (χ4v) is 2.40. The molecule has 0 unspecified atom stereocenters. The van der Waals surface area contributed by atoms with Gasteiger partial charge in [0.1, 0.15) is 5.76 Å². The van der Waals surface area contributed by atoms with Crippen LogP contribution in [0.4, 0.5) is 4.79 Å². The van der Waals surface area contributed by atoms with Crippen molar-refractivity contribution in [3.63, 3.8) is 0 Å². The second kappa shape index (κ2) is 5.77. The minimum atomic E-state index is -0.0638. The van der Waals surface area contributed by atoms with Crippen LogP contribution in [0.25, 0.3) is 0 Å². The van der Waals surface area contributed by atoms with Gasteiger partial charge in [-0.05, 0) is 12.1 Å². The Morgan fingerprint density at radius 2 is 2.47 bits per heavy atom. The summed E-state index contributed by atoms with van der Waals surface area (Å²) < 4.78 is 5.10. The maximum absolute atomic E-state index is 11.5. The van der Waals surface area contributed by atoms with Gasteiger partial charge in [-0.2, -0.15) is 0 Å². The molecule has 1 aromatic rings. The van der Waals surface area contributed by atoms with E-state index in [1.54, 1.807) is 23.3 Å². The molecule has 1 aliphatic heterocycles. The molecular weight excluding hydrogens is 240 g/mol. The van der Waals surface area contributed by atoms with Gasteiger partial charge in [0, 0.05) is 25.3 Å². The van der Waals surface area contributed by atoms with Crippen LogP contribution >= 0.6 is 11.8 Å². The van der Waals surface area contributed by atoms with Gasteiger partial charge in [0.15, 0.2) is 0 Å². The molecule has 92 valence electrons. The summed E-state index contributed by atoms with van der Waals surface area (Å²) in [5, 5.41) is 2.82. The van der Waals surface area contributed by atoms with Crippen molar-refractivity contribution in [3.05, 3.63) is 24.2 Å². The normalized spacial score (nSPS) is 15.3. The second-order valence-corrected chi connectivity index (χ2v) is 4.75. The average Bonchev–Trinajstić information content (AvgIpc) is 2.95. The highest BCUT2D eigenvalue weighted by Gasteiger charge is 2.21. The van der Waals surface area contributed by atoms with E-state index in [1.807, 2.05) is 0 Å². The molecule has 2 rings (SSSR count). The third kappa shape index (κ3) is 3.52. The number of furan rings is 1. The van der Waals surface area contributed by atoms with Crippen LogP contribution in [0.5, 0.6) is 0 Å². The smallest absolute Gasteiger partial charge is 0.281 e. The van der Waals surface area contributed by atoms with Gasteiger partial charge in [-0.15, -0.1) is 0 Å². The van der Waals surface area contributed by atoms with Crippen molar-refractivity contribution in [3.8, 4) is 0 Å². The van der Waals surface area contributed by atoms with Gasteiger partial charge < -0.3 is 14.6 Å². The van der Waals surface area contributed by atoms with E-state index >= 15 is 0 Å².